The maximum absolute atomic E-state index is 6.10. The average Bonchev–Trinajstić information content (AvgIpc) is 2.74. The van der Waals surface area contributed by atoms with Crippen LogP contribution in [0.5, 0.6) is 17.2 Å². The SMILES string of the molecule is COc1cccc(Sc2ccc3c(c2)OCCCO3)c1N. The molecule has 110 valence electrons. The van der Waals surface area contributed by atoms with Gasteiger partial charge in [0.05, 0.1) is 26.0 Å². The number of hydrogen-bond donors (Lipinski definition) is 1. The molecule has 0 atom stereocenters. The van der Waals surface area contributed by atoms with Gasteiger partial charge in [-0.15, -0.1) is 0 Å². The molecule has 0 saturated heterocycles. The van der Waals surface area contributed by atoms with Crippen LogP contribution in [0.2, 0.25) is 0 Å². The first-order valence-electron chi connectivity index (χ1n) is 6.78. The number of nitrogen functional groups attached to an aromatic ring is 1. The van der Waals surface area contributed by atoms with Crippen LogP contribution in [0.15, 0.2) is 46.2 Å². The minimum Gasteiger partial charge on any atom is -0.495 e. The zero-order chi connectivity index (χ0) is 14.7. The van der Waals surface area contributed by atoms with Crippen LogP contribution in [0.3, 0.4) is 0 Å². The van der Waals surface area contributed by atoms with Gasteiger partial charge in [0.25, 0.3) is 0 Å². The summed E-state index contributed by atoms with van der Waals surface area (Å²) in [6, 6.07) is 11.7. The summed E-state index contributed by atoms with van der Waals surface area (Å²) in [5.41, 5.74) is 6.75. The highest BCUT2D eigenvalue weighted by Gasteiger charge is 2.12. The van der Waals surface area contributed by atoms with E-state index >= 15 is 0 Å². The first-order chi connectivity index (χ1) is 10.3. The van der Waals surface area contributed by atoms with Crippen LogP contribution in [0.25, 0.3) is 0 Å². The van der Waals surface area contributed by atoms with E-state index in [2.05, 4.69) is 0 Å². The van der Waals surface area contributed by atoms with Gasteiger partial charge in [-0.2, -0.15) is 0 Å². The van der Waals surface area contributed by atoms with Crippen molar-refractivity contribution in [2.45, 2.75) is 16.2 Å². The summed E-state index contributed by atoms with van der Waals surface area (Å²) in [7, 11) is 1.62. The average molecular weight is 303 g/mol. The van der Waals surface area contributed by atoms with Gasteiger partial charge in [-0.1, -0.05) is 17.8 Å². The lowest BCUT2D eigenvalue weighted by molar-refractivity contribution is 0.297. The van der Waals surface area contributed by atoms with E-state index in [9.17, 15) is 0 Å². The Balaban J connectivity index is 1.87. The van der Waals surface area contributed by atoms with Gasteiger partial charge in [-0.3, -0.25) is 0 Å². The third-order valence-electron chi connectivity index (χ3n) is 3.19. The molecule has 4 nitrogen and oxygen atoms in total. The first-order valence-corrected chi connectivity index (χ1v) is 7.59. The molecule has 2 aromatic rings. The third-order valence-corrected chi connectivity index (χ3v) is 4.26. The van der Waals surface area contributed by atoms with Gasteiger partial charge < -0.3 is 19.9 Å². The second-order valence-corrected chi connectivity index (χ2v) is 5.75. The standard InChI is InChI=1S/C16H17NO3S/c1-18-13-4-2-5-15(16(13)17)21-11-6-7-12-14(10-11)20-9-3-8-19-12/h2,4-7,10H,3,8-9,17H2,1H3. The highest BCUT2D eigenvalue weighted by molar-refractivity contribution is 7.99. The smallest absolute Gasteiger partial charge is 0.162 e. The summed E-state index contributed by atoms with van der Waals surface area (Å²) in [4.78, 5) is 2.02. The molecule has 1 heterocycles. The number of nitrogens with two attached hydrogens (primary N) is 1. The fourth-order valence-corrected chi connectivity index (χ4v) is 3.04. The van der Waals surface area contributed by atoms with Crippen LogP contribution >= 0.6 is 11.8 Å². The largest absolute Gasteiger partial charge is 0.495 e. The fraction of sp³-hybridized carbons (Fsp3) is 0.250. The van der Waals surface area contributed by atoms with E-state index in [0.29, 0.717) is 24.7 Å². The zero-order valence-electron chi connectivity index (χ0n) is 11.8. The van der Waals surface area contributed by atoms with Gasteiger partial charge in [0, 0.05) is 16.2 Å². The fourth-order valence-electron chi connectivity index (χ4n) is 2.12. The van der Waals surface area contributed by atoms with E-state index in [1.54, 1.807) is 18.9 Å². The Labute approximate surface area is 128 Å². The summed E-state index contributed by atoms with van der Waals surface area (Å²) in [6.07, 6.45) is 0.903. The molecule has 5 heteroatoms. The molecule has 1 aliphatic heterocycles. The van der Waals surface area contributed by atoms with Gasteiger partial charge in [-0.25, -0.2) is 0 Å². The van der Waals surface area contributed by atoms with Crippen LogP contribution in [0.4, 0.5) is 5.69 Å². The number of anilines is 1. The van der Waals surface area contributed by atoms with E-state index in [4.69, 9.17) is 19.9 Å². The minimum absolute atomic E-state index is 0.650. The number of benzene rings is 2. The zero-order valence-corrected chi connectivity index (χ0v) is 12.6. The lowest BCUT2D eigenvalue weighted by atomic mass is 10.3. The lowest BCUT2D eigenvalue weighted by Crippen LogP contribution is -1.97. The molecule has 2 aromatic carbocycles. The molecule has 0 radical (unpaired) electrons. The molecule has 1 aliphatic rings. The highest BCUT2D eigenvalue weighted by atomic mass is 32.2. The van der Waals surface area contributed by atoms with E-state index < -0.39 is 0 Å². The van der Waals surface area contributed by atoms with Crippen molar-refractivity contribution in [1.82, 2.24) is 0 Å². The molecule has 0 spiro atoms. The quantitative estimate of drug-likeness (QED) is 0.878. The van der Waals surface area contributed by atoms with Crippen LogP contribution in [-0.4, -0.2) is 20.3 Å². The van der Waals surface area contributed by atoms with Crippen molar-refractivity contribution in [3.8, 4) is 17.2 Å². The topological polar surface area (TPSA) is 53.7 Å². The lowest BCUT2D eigenvalue weighted by Gasteiger charge is -2.11. The first kappa shape index (κ1) is 13.9. The Morgan fingerprint density at radius 2 is 1.90 bits per heavy atom. The predicted molar refractivity (Wildman–Crippen MR) is 83.6 cm³/mol. The molecule has 0 aromatic heterocycles. The van der Waals surface area contributed by atoms with Gasteiger partial charge in [0.1, 0.15) is 5.75 Å². The van der Waals surface area contributed by atoms with Crippen molar-refractivity contribution in [2.75, 3.05) is 26.1 Å². The Morgan fingerprint density at radius 3 is 2.71 bits per heavy atom. The van der Waals surface area contributed by atoms with Gasteiger partial charge >= 0.3 is 0 Å². The molecule has 0 unspecified atom stereocenters. The monoisotopic (exact) mass is 303 g/mol. The summed E-state index contributed by atoms with van der Waals surface area (Å²) in [6.45, 7) is 1.38. The Hall–Kier alpha value is -2.01. The summed E-state index contributed by atoms with van der Waals surface area (Å²) in [5.74, 6) is 2.28. The predicted octanol–water partition coefficient (Wildman–Crippen LogP) is 3.59. The molecular formula is C16H17NO3S. The number of para-hydroxylation sites is 1. The van der Waals surface area contributed by atoms with Crippen molar-refractivity contribution in [3.63, 3.8) is 0 Å². The molecule has 3 rings (SSSR count). The van der Waals surface area contributed by atoms with Crippen LogP contribution in [0.1, 0.15) is 6.42 Å². The van der Waals surface area contributed by atoms with E-state index in [1.807, 2.05) is 36.4 Å². The Kier molecular flexibility index (Phi) is 4.10. The molecule has 2 N–H and O–H groups in total. The minimum atomic E-state index is 0.650. The van der Waals surface area contributed by atoms with E-state index in [0.717, 1.165) is 27.7 Å². The molecule has 0 bridgehead atoms. The summed E-state index contributed by atoms with van der Waals surface area (Å²) >= 11 is 1.58. The van der Waals surface area contributed by atoms with Gasteiger partial charge in [0.2, 0.25) is 0 Å². The summed E-state index contributed by atoms with van der Waals surface area (Å²) < 4.78 is 16.6. The molecule has 0 amide bonds. The van der Waals surface area contributed by atoms with Crippen molar-refractivity contribution >= 4 is 17.4 Å². The van der Waals surface area contributed by atoms with Crippen LogP contribution in [0, 0.1) is 0 Å². The number of fused-ring (bicyclic) bond motifs is 1. The van der Waals surface area contributed by atoms with Gasteiger partial charge in [-0.05, 0) is 30.3 Å². The summed E-state index contributed by atoms with van der Waals surface area (Å²) in [5, 5.41) is 0. The van der Waals surface area contributed by atoms with Gasteiger partial charge in [0.15, 0.2) is 11.5 Å². The van der Waals surface area contributed by atoms with E-state index in [-0.39, 0.29) is 0 Å². The maximum Gasteiger partial charge on any atom is 0.162 e. The van der Waals surface area contributed by atoms with Crippen LogP contribution < -0.4 is 19.9 Å². The number of hydrogen-bond acceptors (Lipinski definition) is 5. The van der Waals surface area contributed by atoms with Crippen molar-refractivity contribution in [3.05, 3.63) is 36.4 Å². The molecular weight excluding hydrogens is 286 g/mol. The van der Waals surface area contributed by atoms with Crippen molar-refractivity contribution in [1.29, 1.82) is 0 Å². The molecule has 0 saturated carbocycles. The highest BCUT2D eigenvalue weighted by Crippen LogP contribution is 2.40. The molecule has 0 aliphatic carbocycles. The normalized spacial score (nSPS) is 13.6. The van der Waals surface area contributed by atoms with E-state index in [1.165, 1.54) is 0 Å². The number of methoxy groups -OCH3 is 1. The molecule has 21 heavy (non-hydrogen) atoms. The van der Waals surface area contributed by atoms with Crippen LogP contribution in [-0.2, 0) is 0 Å². The Bertz CT molecular complexity index is 645. The second kappa shape index (κ2) is 6.18. The number of rotatable bonds is 3. The third kappa shape index (κ3) is 3.03. The number of ether oxygens (including phenoxy) is 3. The van der Waals surface area contributed by atoms with Crippen molar-refractivity contribution < 1.29 is 14.2 Å². The van der Waals surface area contributed by atoms with Crippen molar-refractivity contribution in [2.24, 2.45) is 0 Å². The molecule has 0 fully saturated rings. The maximum atomic E-state index is 6.10. The Morgan fingerprint density at radius 1 is 1.10 bits per heavy atom. The second-order valence-electron chi connectivity index (χ2n) is 4.63.